The zero-order chi connectivity index (χ0) is 11.7. The smallest absolute Gasteiger partial charge is 0.177 e. The number of hydrogen-bond donors (Lipinski definition) is 0. The minimum atomic E-state index is 0.951. The number of hydrogen-bond acceptors (Lipinski definition) is 3. The highest BCUT2D eigenvalue weighted by atomic mass is 15.3. The van der Waals surface area contributed by atoms with E-state index in [9.17, 15) is 0 Å². The lowest BCUT2D eigenvalue weighted by atomic mass is 10.3. The van der Waals surface area contributed by atoms with Crippen molar-refractivity contribution in [3.63, 3.8) is 0 Å². The van der Waals surface area contributed by atoms with Crippen LogP contribution >= 0.6 is 0 Å². The van der Waals surface area contributed by atoms with Crippen LogP contribution < -0.4 is 4.90 Å². The number of fused-ring (bicyclic) bond motifs is 1. The van der Waals surface area contributed by atoms with Crippen LogP contribution in [0.1, 0.15) is 25.2 Å². The van der Waals surface area contributed by atoms with E-state index in [2.05, 4.69) is 34.9 Å². The zero-order valence-electron chi connectivity index (χ0n) is 10.4. The van der Waals surface area contributed by atoms with Crippen LogP contribution in [0.5, 0.6) is 0 Å². The second-order valence-electron chi connectivity index (χ2n) is 3.99. The van der Waals surface area contributed by atoms with Crippen molar-refractivity contribution in [2.75, 3.05) is 18.0 Å². The molecule has 0 aliphatic carbocycles. The van der Waals surface area contributed by atoms with Crippen molar-refractivity contribution in [3.8, 4) is 0 Å². The Hall–Kier alpha value is -1.58. The minimum absolute atomic E-state index is 0.951. The summed E-state index contributed by atoms with van der Waals surface area (Å²) in [5, 5.41) is 4.44. The van der Waals surface area contributed by atoms with Gasteiger partial charge in [0.25, 0.3) is 0 Å². The second kappa shape index (κ2) is 4.12. The fraction of sp³-hybridized carbons (Fsp3) is 0.500. The molecular formula is C12H18N4. The number of anilines is 1. The van der Waals surface area contributed by atoms with Crippen LogP contribution in [0.15, 0.2) is 12.3 Å². The molecular weight excluding hydrogens is 200 g/mol. The summed E-state index contributed by atoms with van der Waals surface area (Å²) >= 11 is 0. The summed E-state index contributed by atoms with van der Waals surface area (Å²) in [7, 11) is 0. The molecule has 4 heteroatoms. The zero-order valence-corrected chi connectivity index (χ0v) is 10.4. The van der Waals surface area contributed by atoms with E-state index in [1.54, 1.807) is 0 Å². The van der Waals surface area contributed by atoms with Crippen LogP contribution in [0, 0.1) is 13.8 Å². The molecule has 0 N–H and O–H groups in total. The van der Waals surface area contributed by atoms with Gasteiger partial charge in [0.2, 0.25) is 0 Å². The Morgan fingerprint density at radius 1 is 1.19 bits per heavy atom. The van der Waals surface area contributed by atoms with Gasteiger partial charge in [0, 0.05) is 13.1 Å². The Labute approximate surface area is 95.9 Å². The van der Waals surface area contributed by atoms with E-state index in [0.717, 1.165) is 30.1 Å². The molecule has 0 atom stereocenters. The molecule has 0 saturated carbocycles. The molecule has 0 amide bonds. The van der Waals surface area contributed by atoms with Gasteiger partial charge in [-0.15, -0.1) is 0 Å². The molecule has 2 rings (SSSR count). The lowest BCUT2D eigenvalue weighted by Crippen LogP contribution is -2.23. The maximum Gasteiger partial charge on any atom is 0.177 e. The van der Waals surface area contributed by atoms with Gasteiger partial charge >= 0.3 is 0 Å². The first-order valence-corrected chi connectivity index (χ1v) is 5.74. The molecule has 2 heterocycles. The molecule has 4 nitrogen and oxygen atoms in total. The van der Waals surface area contributed by atoms with Gasteiger partial charge in [0.15, 0.2) is 5.65 Å². The highest BCUT2D eigenvalue weighted by molar-refractivity contribution is 5.69. The van der Waals surface area contributed by atoms with E-state index < -0.39 is 0 Å². The van der Waals surface area contributed by atoms with E-state index in [0.29, 0.717) is 0 Å². The second-order valence-corrected chi connectivity index (χ2v) is 3.99. The van der Waals surface area contributed by atoms with E-state index in [4.69, 9.17) is 0 Å². The van der Waals surface area contributed by atoms with Gasteiger partial charge in [0.1, 0.15) is 0 Å². The molecule has 0 spiro atoms. The number of imidazole rings is 1. The molecule has 86 valence electrons. The van der Waals surface area contributed by atoms with Crippen molar-refractivity contribution in [3.05, 3.63) is 23.7 Å². The standard InChI is InChI=1S/C12H18N4/c1-5-15(6-2)11-7-9(3)14-16-8-10(4)13-12(11)16/h7-8H,5-6H2,1-4H3. The van der Waals surface area contributed by atoms with E-state index in [1.165, 1.54) is 5.69 Å². The third kappa shape index (κ3) is 1.75. The lowest BCUT2D eigenvalue weighted by Gasteiger charge is -2.21. The molecule has 16 heavy (non-hydrogen) atoms. The number of aryl methyl sites for hydroxylation is 2. The van der Waals surface area contributed by atoms with E-state index >= 15 is 0 Å². The molecule has 0 aliphatic rings. The molecule has 0 aliphatic heterocycles. The van der Waals surface area contributed by atoms with Crippen LogP contribution in [0.3, 0.4) is 0 Å². The maximum absolute atomic E-state index is 4.53. The summed E-state index contributed by atoms with van der Waals surface area (Å²) in [6.07, 6.45) is 1.97. The summed E-state index contributed by atoms with van der Waals surface area (Å²) in [5.41, 5.74) is 4.15. The molecule has 0 aromatic carbocycles. The van der Waals surface area contributed by atoms with Gasteiger partial charge in [0.05, 0.1) is 23.3 Å². The first-order chi connectivity index (χ1) is 7.65. The van der Waals surface area contributed by atoms with Gasteiger partial charge in [-0.05, 0) is 33.8 Å². The highest BCUT2D eigenvalue weighted by Crippen LogP contribution is 2.21. The van der Waals surface area contributed by atoms with Crippen molar-refractivity contribution in [2.45, 2.75) is 27.7 Å². The Balaban J connectivity index is 2.66. The quantitative estimate of drug-likeness (QED) is 0.791. The largest absolute Gasteiger partial charge is 0.369 e. The SMILES string of the molecule is CCN(CC)c1cc(C)nn2cc(C)nc12. The van der Waals surface area contributed by atoms with Gasteiger partial charge < -0.3 is 4.90 Å². The van der Waals surface area contributed by atoms with Crippen molar-refractivity contribution < 1.29 is 0 Å². The molecule has 0 unspecified atom stereocenters. The average molecular weight is 218 g/mol. The predicted octanol–water partition coefficient (Wildman–Crippen LogP) is 2.19. The summed E-state index contributed by atoms with van der Waals surface area (Å²) in [6, 6.07) is 2.11. The first-order valence-electron chi connectivity index (χ1n) is 5.74. The van der Waals surface area contributed by atoms with Crippen LogP contribution in [-0.2, 0) is 0 Å². The normalized spacial score (nSPS) is 11.0. The van der Waals surface area contributed by atoms with Crippen LogP contribution in [-0.4, -0.2) is 27.7 Å². The Kier molecular flexibility index (Phi) is 2.81. The van der Waals surface area contributed by atoms with Gasteiger partial charge in [-0.2, -0.15) is 5.10 Å². The van der Waals surface area contributed by atoms with Crippen LogP contribution in [0.2, 0.25) is 0 Å². The number of rotatable bonds is 3. The lowest BCUT2D eigenvalue weighted by molar-refractivity contribution is 0.839. The Morgan fingerprint density at radius 3 is 2.50 bits per heavy atom. The van der Waals surface area contributed by atoms with E-state index in [1.807, 2.05) is 24.6 Å². The topological polar surface area (TPSA) is 33.4 Å². The van der Waals surface area contributed by atoms with E-state index in [-0.39, 0.29) is 0 Å². The fourth-order valence-electron chi connectivity index (χ4n) is 1.99. The predicted molar refractivity (Wildman–Crippen MR) is 66.0 cm³/mol. The fourth-order valence-corrected chi connectivity index (χ4v) is 1.99. The summed E-state index contributed by atoms with van der Waals surface area (Å²) in [6.45, 7) is 10.3. The van der Waals surface area contributed by atoms with Crippen molar-refractivity contribution >= 4 is 11.3 Å². The first kappa shape index (κ1) is 10.9. The van der Waals surface area contributed by atoms with Crippen LogP contribution in [0.25, 0.3) is 5.65 Å². The molecule has 0 bridgehead atoms. The van der Waals surface area contributed by atoms with Gasteiger partial charge in [-0.3, -0.25) is 0 Å². The maximum atomic E-state index is 4.53. The molecule has 0 saturated heterocycles. The molecule has 0 fully saturated rings. The summed E-state index contributed by atoms with van der Waals surface area (Å²) in [5.74, 6) is 0. The molecule has 2 aromatic rings. The number of nitrogens with zero attached hydrogens (tertiary/aromatic N) is 4. The van der Waals surface area contributed by atoms with Crippen LogP contribution in [0.4, 0.5) is 5.69 Å². The van der Waals surface area contributed by atoms with Crippen molar-refractivity contribution in [2.24, 2.45) is 0 Å². The molecule has 0 radical (unpaired) electrons. The monoisotopic (exact) mass is 218 g/mol. The highest BCUT2D eigenvalue weighted by Gasteiger charge is 2.11. The van der Waals surface area contributed by atoms with Crippen molar-refractivity contribution in [1.29, 1.82) is 0 Å². The summed E-state index contributed by atoms with van der Waals surface area (Å²) < 4.78 is 1.87. The van der Waals surface area contributed by atoms with Gasteiger partial charge in [-0.25, -0.2) is 9.50 Å². The third-order valence-electron chi connectivity index (χ3n) is 2.75. The Morgan fingerprint density at radius 2 is 1.88 bits per heavy atom. The Bertz CT molecular complexity index is 497. The van der Waals surface area contributed by atoms with Crippen molar-refractivity contribution in [1.82, 2.24) is 14.6 Å². The average Bonchev–Trinajstić information content (AvgIpc) is 2.60. The minimum Gasteiger partial charge on any atom is -0.369 e. The third-order valence-corrected chi connectivity index (χ3v) is 2.75. The van der Waals surface area contributed by atoms with Gasteiger partial charge in [-0.1, -0.05) is 0 Å². The number of aromatic nitrogens is 3. The molecule has 2 aromatic heterocycles. The summed E-state index contributed by atoms with van der Waals surface area (Å²) in [4.78, 5) is 6.83.